The molecule has 0 bridgehead atoms. The highest BCUT2D eigenvalue weighted by atomic mass is 32.2. The molecular formula is C28H28F4N2O3S. The fourth-order valence-corrected chi connectivity index (χ4v) is 5.80. The number of nitrogens with two attached hydrogens (primary N) is 1. The lowest BCUT2D eigenvalue weighted by molar-refractivity contribution is -0.137. The van der Waals surface area contributed by atoms with Crippen molar-refractivity contribution in [2.24, 2.45) is 5.73 Å². The van der Waals surface area contributed by atoms with E-state index in [0.717, 1.165) is 17.7 Å². The molecule has 0 aliphatic carbocycles. The number of carbonyl (C=O) groups is 1. The number of benzene rings is 3. The molecule has 202 valence electrons. The van der Waals surface area contributed by atoms with E-state index < -0.39 is 40.2 Å². The van der Waals surface area contributed by atoms with Gasteiger partial charge in [0.25, 0.3) is 0 Å². The van der Waals surface area contributed by atoms with Crippen molar-refractivity contribution in [2.45, 2.75) is 42.8 Å². The van der Waals surface area contributed by atoms with Crippen LogP contribution in [0.5, 0.6) is 0 Å². The van der Waals surface area contributed by atoms with Crippen LogP contribution in [0.1, 0.15) is 51.9 Å². The summed E-state index contributed by atoms with van der Waals surface area (Å²) in [7, 11) is -3.35. The van der Waals surface area contributed by atoms with Crippen molar-refractivity contribution in [1.82, 2.24) is 0 Å². The first kappa shape index (κ1) is 27.6. The SMILES string of the molecule is CCS(=O)(=O)c1ccc(Cc2cc(N3CC(c4ccc(C(F)(F)F)cc4)C[C@H]3CF)ccc2C(N)=O)cc1. The van der Waals surface area contributed by atoms with Crippen molar-refractivity contribution >= 4 is 21.4 Å². The lowest BCUT2D eigenvalue weighted by atomic mass is 9.95. The Hall–Kier alpha value is -3.40. The second-order valence-electron chi connectivity index (χ2n) is 9.44. The Labute approximate surface area is 219 Å². The standard InChI is InChI=1S/C28H28F4N2O3S/c1-2-38(36,37)25-10-3-18(4-11-25)13-20-14-23(9-12-26(20)27(33)35)34-17-21(15-24(34)16-29)19-5-7-22(8-6-19)28(30,31)32/h3-12,14,21,24H,2,13,15-17H2,1H3,(H2,33,35)/t21?,24-/m0/s1. The number of hydrogen-bond donors (Lipinski definition) is 1. The van der Waals surface area contributed by atoms with Gasteiger partial charge in [-0.05, 0) is 72.0 Å². The van der Waals surface area contributed by atoms with Crippen LogP contribution in [-0.2, 0) is 22.4 Å². The number of nitrogens with zero attached hydrogens (tertiary/aromatic N) is 1. The molecule has 0 aromatic heterocycles. The van der Waals surface area contributed by atoms with Gasteiger partial charge in [0.15, 0.2) is 9.84 Å². The average Bonchev–Trinajstić information content (AvgIpc) is 3.33. The van der Waals surface area contributed by atoms with E-state index >= 15 is 0 Å². The molecule has 1 unspecified atom stereocenters. The molecule has 2 atom stereocenters. The zero-order valence-corrected chi connectivity index (χ0v) is 21.5. The Bertz CT molecular complexity index is 1410. The summed E-state index contributed by atoms with van der Waals surface area (Å²) < 4.78 is 77.1. The van der Waals surface area contributed by atoms with Crippen molar-refractivity contribution in [1.29, 1.82) is 0 Å². The molecule has 2 N–H and O–H groups in total. The number of carbonyl (C=O) groups excluding carboxylic acids is 1. The normalized spacial score (nSPS) is 18.1. The van der Waals surface area contributed by atoms with Crippen LogP contribution in [-0.4, -0.2) is 39.3 Å². The topological polar surface area (TPSA) is 80.5 Å². The van der Waals surface area contributed by atoms with E-state index in [-0.39, 0.29) is 16.6 Å². The van der Waals surface area contributed by atoms with Crippen LogP contribution >= 0.6 is 0 Å². The number of alkyl halides is 4. The van der Waals surface area contributed by atoms with Gasteiger partial charge in [0.2, 0.25) is 5.91 Å². The molecule has 1 saturated heterocycles. The zero-order valence-electron chi connectivity index (χ0n) is 20.7. The summed E-state index contributed by atoms with van der Waals surface area (Å²) in [6, 6.07) is 15.9. The van der Waals surface area contributed by atoms with Crippen molar-refractivity contribution in [3.05, 3.63) is 94.5 Å². The van der Waals surface area contributed by atoms with Crippen LogP contribution in [0.4, 0.5) is 23.2 Å². The third-order valence-corrected chi connectivity index (χ3v) is 8.80. The molecule has 3 aromatic rings. The second kappa shape index (κ2) is 10.8. The van der Waals surface area contributed by atoms with E-state index in [1.54, 1.807) is 37.3 Å². The monoisotopic (exact) mass is 548 g/mol. The quantitative estimate of drug-likeness (QED) is 0.376. The largest absolute Gasteiger partial charge is 0.416 e. The fraction of sp³-hybridized carbons (Fsp3) is 0.321. The number of rotatable bonds is 8. The van der Waals surface area contributed by atoms with Gasteiger partial charge < -0.3 is 10.6 Å². The van der Waals surface area contributed by atoms with Crippen molar-refractivity contribution in [3.63, 3.8) is 0 Å². The number of sulfone groups is 1. The molecule has 1 aliphatic rings. The van der Waals surface area contributed by atoms with Gasteiger partial charge in [0, 0.05) is 23.7 Å². The molecule has 10 heteroatoms. The molecule has 38 heavy (non-hydrogen) atoms. The number of primary amides is 1. The summed E-state index contributed by atoms with van der Waals surface area (Å²) in [6.45, 7) is 1.33. The summed E-state index contributed by atoms with van der Waals surface area (Å²) in [5, 5.41) is 0. The van der Waals surface area contributed by atoms with Crippen LogP contribution in [0.25, 0.3) is 0 Å². The Balaban J connectivity index is 1.60. The summed E-state index contributed by atoms with van der Waals surface area (Å²) in [5.74, 6) is -0.799. The van der Waals surface area contributed by atoms with Gasteiger partial charge in [-0.2, -0.15) is 13.2 Å². The Morgan fingerprint density at radius 1 is 1.03 bits per heavy atom. The number of amides is 1. The highest BCUT2D eigenvalue weighted by Crippen LogP contribution is 2.38. The molecule has 1 aliphatic heterocycles. The minimum Gasteiger partial charge on any atom is -0.366 e. The highest BCUT2D eigenvalue weighted by Gasteiger charge is 2.35. The summed E-state index contributed by atoms with van der Waals surface area (Å²) in [5.41, 5.74) is 7.92. The Morgan fingerprint density at radius 2 is 1.68 bits per heavy atom. The summed E-state index contributed by atoms with van der Waals surface area (Å²) >= 11 is 0. The van der Waals surface area contributed by atoms with Crippen molar-refractivity contribution in [3.8, 4) is 0 Å². The molecule has 0 saturated carbocycles. The maximum absolute atomic E-state index is 14.0. The van der Waals surface area contributed by atoms with Crippen LogP contribution in [0.15, 0.2) is 71.6 Å². The first-order valence-electron chi connectivity index (χ1n) is 12.2. The molecule has 3 aromatic carbocycles. The van der Waals surface area contributed by atoms with Gasteiger partial charge in [0.1, 0.15) is 6.67 Å². The van der Waals surface area contributed by atoms with Crippen LogP contribution in [0, 0.1) is 0 Å². The smallest absolute Gasteiger partial charge is 0.366 e. The lowest BCUT2D eigenvalue weighted by Gasteiger charge is -2.26. The highest BCUT2D eigenvalue weighted by molar-refractivity contribution is 7.91. The van der Waals surface area contributed by atoms with Gasteiger partial charge in [-0.1, -0.05) is 31.2 Å². The predicted octanol–water partition coefficient (Wildman–Crippen LogP) is 5.52. The predicted molar refractivity (Wildman–Crippen MR) is 138 cm³/mol. The van der Waals surface area contributed by atoms with E-state index in [9.17, 15) is 30.8 Å². The summed E-state index contributed by atoms with van der Waals surface area (Å²) in [4.78, 5) is 14.2. The van der Waals surface area contributed by atoms with Gasteiger partial charge in [-0.3, -0.25) is 4.79 Å². The molecule has 0 radical (unpaired) electrons. The van der Waals surface area contributed by atoms with Gasteiger partial charge in [-0.25, -0.2) is 12.8 Å². The van der Waals surface area contributed by atoms with Crippen LogP contribution in [0.3, 0.4) is 0 Å². The zero-order chi connectivity index (χ0) is 27.7. The lowest BCUT2D eigenvalue weighted by Crippen LogP contribution is -2.31. The number of hydrogen-bond acceptors (Lipinski definition) is 4. The number of halogens is 4. The van der Waals surface area contributed by atoms with Crippen molar-refractivity contribution < 1.29 is 30.8 Å². The molecule has 1 heterocycles. The van der Waals surface area contributed by atoms with E-state index in [2.05, 4.69) is 0 Å². The Morgan fingerprint density at radius 3 is 2.24 bits per heavy atom. The van der Waals surface area contributed by atoms with Gasteiger partial charge in [0.05, 0.1) is 22.3 Å². The van der Waals surface area contributed by atoms with Crippen molar-refractivity contribution in [2.75, 3.05) is 23.9 Å². The second-order valence-corrected chi connectivity index (χ2v) is 11.7. The fourth-order valence-electron chi connectivity index (χ4n) is 4.91. The minimum atomic E-state index is -4.43. The average molecular weight is 549 g/mol. The molecule has 5 nitrogen and oxygen atoms in total. The van der Waals surface area contributed by atoms with E-state index in [0.29, 0.717) is 41.8 Å². The first-order chi connectivity index (χ1) is 17.9. The molecule has 0 spiro atoms. The third kappa shape index (κ3) is 5.85. The molecule has 1 amide bonds. The first-order valence-corrected chi connectivity index (χ1v) is 13.8. The molecule has 1 fully saturated rings. The molecule has 4 rings (SSSR count). The molecular weight excluding hydrogens is 520 g/mol. The van der Waals surface area contributed by atoms with E-state index in [1.165, 1.54) is 24.3 Å². The van der Waals surface area contributed by atoms with Crippen LogP contribution < -0.4 is 10.6 Å². The van der Waals surface area contributed by atoms with Crippen LogP contribution in [0.2, 0.25) is 0 Å². The maximum Gasteiger partial charge on any atom is 0.416 e. The minimum absolute atomic E-state index is 0.0146. The number of anilines is 1. The van der Waals surface area contributed by atoms with E-state index in [4.69, 9.17) is 5.73 Å². The van der Waals surface area contributed by atoms with Gasteiger partial charge in [-0.15, -0.1) is 0 Å². The maximum atomic E-state index is 14.0. The summed E-state index contributed by atoms with van der Waals surface area (Å²) in [6.07, 6.45) is -3.69. The Kier molecular flexibility index (Phi) is 7.83. The van der Waals surface area contributed by atoms with Gasteiger partial charge >= 0.3 is 6.18 Å². The van der Waals surface area contributed by atoms with E-state index in [1.807, 2.05) is 4.90 Å². The third-order valence-electron chi connectivity index (χ3n) is 7.04.